The Morgan fingerprint density at radius 1 is 1.41 bits per heavy atom. The van der Waals surface area contributed by atoms with Gasteiger partial charge in [0.15, 0.2) is 0 Å². The Kier molecular flexibility index (Phi) is 6.50. The molecule has 0 saturated carbocycles. The quantitative estimate of drug-likeness (QED) is 0.571. The van der Waals surface area contributed by atoms with Crippen molar-refractivity contribution in [3.8, 4) is 5.75 Å². The number of benzene rings is 1. The summed E-state index contributed by atoms with van der Waals surface area (Å²) in [5.74, 6) is 0.991. The second kappa shape index (κ2) is 7.97. The summed E-state index contributed by atoms with van der Waals surface area (Å²) in [6, 6.07) is 7.41. The van der Waals surface area contributed by atoms with E-state index in [9.17, 15) is 4.79 Å². The van der Waals surface area contributed by atoms with Gasteiger partial charge in [-0.3, -0.25) is 4.79 Å². The highest BCUT2D eigenvalue weighted by Gasteiger charge is 2.02. The third-order valence-electron chi connectivity index (χ3n) is 2.00. The van der Waals surface area contributed by atoms with Gasteiger partial charge in [0.2, 0.25) is 0 Å². The molecule has 0 heterocycles. The smallest absolute Gasteiger partial charge is 0.306 e. The first-order valence-corrected chi connectivity index (χ1v) is 6.08. The minimum Gasteiger partial charge on any atom is -0.492 e. The van der Waals surface area contributed by atoms with Crippen LogP contribution in [0.4, 0.5) is 0 Å². The summed E-state index contributed by atoms with van der Waals surface area (Å²) >= 11 is 3.96. The summed E-state index contributed by atoms with van der Waals surface area (Å²) in [5, 5.41) is 0. The number of hydrogen-bond acceptors (Lipinski definition) is 5. The van der Waals surface area contributed by atoms with Gasteiger partial charge in [-0.1, -0.05) is 12.1 Å². The first-order chi connectivity index (χ1) is 8.26. The van der Waals surface area contributed by atoms with E-state index in [0.717, 1.165) is 11.3 Å². The summed E-state index contributed by atoms with van der Waals surface area (Å²) in [4.78, 5) is 11.2. The van der Waals surface area contributed by atoms with Crippen molar-refractivity contribution < 1.29 is 14.3 Å². The van der Waals surface area contributed by atoms with Gasteiger partial charge < -0.3 is 15.2 Å². The van der Waals surface area contributed by atoms with Gasteiger partial charge in [-0.25, -0.2) is 0 Å². The maximum absolute atomic E-state index is 11.2. The normalized spacial score (nSPS) is 10.0. The molecule has 4 nitrogen and oxygen atoms in total. The topological polar surface area (TPSA) is 61.6 Å². The first-order valence-electron chi connectivity index (χ1n) is 5.44. The van der Waals surface area contributed by atoms with Crippen LogP contribution in [-0.4, -0.2) is 24.9 Å². The SMILES string of the molecule is NCCOc1cccc(COC(=O)CCS)c1. The van der Waals surface area contributed by atoms with Gasteiger partial charge in [-0.2, -0.15) is 12.6 Å². The van der Waals surface area contributed by atoms with Gasteiger partial charge in [0.1, 0.15) is 19.0 Å². The van der Waals surface area contributed by atoms with Crippen molar-refractivity contribution in [2.45, 2.75) is 13.0 Å². The number of thiol groups is 1. The Morgan fingerprint density at radius 2 is 2.24 bits per heavy atom. The van der Waals surface area contributed by atoms with Crippen molar-refractivity contribution in [3.63, 3.8) is 0 Å². The van der Waals surface area contributed by atoms with Gasteiger partial charge >= 0.3 is 5.97 Å². The van der Waals surface area contributed by atoms with E-state index in [1.807, 2.05) is 24.3 Å². The molecule has 0 bridgehead atoms. The molecule has 0 fully saturated rings. The fraction of sp³-hybridized carbons (Fsp3) is 0.417. The Bertz CT molecular complexity index is 357. The Hall–Kier alpha value is -1.20. The van der Waals surface area contributed by atoms with E-state index in [1.54, 1.807) is 0 Å². The van der Waals surface area contributed by atoms with Gasteiger partial charge in [0.25, 0.3) is 0 Å². The number of hydrogen-bond donors (Lipinski definition) is 2. The number of carbonyl (C=O) groups is 1. The molecular weight excluding hydrogens is 238 g/mol. The number of rotatable bonds is 7. The van der Waals surface area contributed by atoms with Crippen LogP contribution in [-0.2, 0) is 16.1 Å². The van der Waals surface area contributed by atoms with Crippen molar-refractivity contribution in [2.24, 2.45) is 5.73 Å². The van der Waals surface area contributed by atoms with Crippen LogP contribution in [0.1, 0.15) is 12.0 Å². The highest BCUT2D eigenvalue weighted by molar-refractivity contribution is 7.80. The molecule has 17 heavy (non-hydrogen) atoms. The lowest BCUT2D eigenvalue weighted by Crippen LogP contribution is -2.10. The van der Waals surface area contributed by atoms with Crippen LogP contribution in [0.25, 0.3) is 0 Å². The van der Waals surface area contributed by atoms with Crippen LogP contribution in [0, 0.1) is 0 Å². The molecule has 0 saturated heterocycles. The van der Waals surface area contributed by atoms with Crippen LogP contribution < -0.4 is 10.5 Å². The summed E-state index contributed by atoms with van der Waals surface area (Å²) in [5.41, 5.74) is 6.24. The lowest BCUT2D eigenvalue weighted by Gasteiger charge is -2.07. The number of carbonyl (C=O) groups excluding carboxylic acids is 1. The minimum absolute atomic E-state index is 0.242. The molecule has 0 aliphatic rings. The average Bonchev–Trinajstić information content (AvgIpc) is 2.35. The maximum atomic E-state index is 11.2. The van der Waals surface area contributed by atoms with Crippen molar-refractivity contribution in [2.75, 3.05) is 18.9 Å². The van der Waals surface area contributed by atoms with Gasteiger partial charge in [-0.05, 0) is 17.7 Å². The van der Waals surface area contributed by atoms with Crippen molar-refractivity contribution >= 4 is 18.6 Å². The third-order valence-corrected chi connectivity index (χ3v) is 2.22. The fourth-order valence-corrected chi connectivity index (χ4v) is 1.41. The molecule has 0 aromatic heterocycles. The molecule has 1 aromatic carbocycles. The van der Waals surface area contributed by atoms with Crippen LogP contribution in [0.2, 0.25) is 0 Å². The van der Waals surface area contributed by atoms with Crippen molar-refractivity contribution in [1.29, 1.82) is 0 Å². The zero-order valence-electron chi connectivity index (χ0n) is 9.59. The van der Waals surface area contributed by atoms with E-state index in [0.29, 0.717) is 25.3 Å². The third kappa shape index (κ3) is 5.60. The maximum Gasteiger partial charge on any atom is 0.306 e. The molecule has 5 heteroatoms. The molecule has 1 aromatic rings. The van der Waals surface area contributed by atoms with E-state index >= 15 is 0 Å². The molecule has 0 aliphatic carbocycles. The van der Waals surface area contributed by atoms with E-state index in [2.05, 4.69) is 12.6 Å². The second-order valence-corrected chi connectivity index (χ2v) is 3.87. The summed E-state index contributed by atoms with van der Waals surface area (Å²) in [7, 11) is 0. The largest absolute Gasteiger partial charge is 0.492 e. The highest BCUT2D eigenvalue weighted by Crippen LogP contribution is 2.14. The molecule has 0 radical (unpaired) electrons. The molecule has 2 N–H and O–H groups in total. The molecule has 0 amide bonds. The predicted octanol–water partition coefficient (Wildman–Crippen LogP) is 1.39. The Balaban J connectivity index is 2.45. The van der Waals surface area contributed by atoms with Crippen molar-refractivity contribution in [3.05, 3.63) is 29.8 Å². The monoisotopic (exact) mass is 255 g/mol. The first kappa shape index (κ1) is 13.9. The molecule has 0 atom stereocenters. The summed E-state index contributed by atoms with van der Waals surface area (Å²) in [6.07, 6.45) is 0.326. The zero-order valence-corrected chi connectivity index (χ0v) is 10.5. The molecule has 94 valence electrons. The van der Waals surface area contributed by atoms with Gasteiger partial charge in [0, 0.05) is 12.3 Å². The minimum atomic E-state index is -0.242. The molecule has 0 aliphatic heterocycles. The van der Waals surface area contributed by atoms with Crippen LogP contribution in [0.15, 0.2) is 24.3 Å². The Morgan fingerprint density at radius 3 is 2.94 bits per heavy atom. The summed E-state index contributed by atoms with van der Waals surface area (Å²) in [6.45, 7) is 1.20. The average molecular weight is 255 g/mol. The predicted molar refractivity (Wildman–Crippen MR) is 69.3 cm³/mol. The van der Waals surface area contributed by atoms with E-state index < -0.39 is 0 Å². The van der Waals surface area contributed by atoms with E-state index in [-0.39, 0.29) is 12.6 Å². The molecular formula is C12H17NO3S. The number of ether oxygens (including phenoxy) is 2. The number of nitrogens with two attached hydrogens (primary N) is 1. The molecule has 0 spiro atoms. The van der Waals surface area contributed by atoms with Crippen LogP contribution in [0.3, 0.4) is 0 Å². The lowest BCUT2D eigenvalue weighted by molar-refractivity contribution is -0.144. The Labute approximate surface area is 107 Å². The van der Waals surface area contributed by atoms with Gasteiger partial charge in [0.05, 0.1) is 6.42 Å². The van der Waals surface area contributed by atoms with Crippen LogP contribution >= 0.6 is 12.6 Å². The zero-order chi connectivity index (χ0) is 12.5. The second-order valence-electron chi connectivity index (χ2n) is 3.42. The van der Waals surface area contributed by atoms with Crippen molar-refractivity contribution in [1.82, 2.24) is 0 Å². The standard InChI is InChI=1S/C12H17NO3S/c13-5-6-15-11-3-1-2-10(8-11)9-16-12(14)4-7-17/h1-3,8,17H,4-7,9,13H2. The highest BCUT2D eigenvalue weighted by atomic mass is 32.1. The molecule has 1 rings (SSSR count). The lowest BCUT2D eigenvalue weighted by atomic mass is 10.2. The summed E-state index contributed by atoms with van der Waals surface area (Å²) < 4.78 is 10.4. The van der Waals surface area contributed by atoms with E-state index in [4.69, 9.17) is 15.2 Å². The molecule has 0 unspecified atom stereocenters. The number of esters is 1. The van der Waals surface area contributed by atoms with E-state index in [1.165, 1.54) is 0 Å². The van der Waals surface area contributed by atoms with Gasteiger partial charge in [-0.15, -0.1) is 0 Å². The van der Waals surface area contributed by atoms with Crippen LogP contribution in [0.5, 0.6) is 5.75 Å². The fourth-order valence-electron chi connectivity index (χ4n) is 1.23.